The Morgan fingerprint density at radius 2 is 1.18 bits per heavy atom. The van der Waals surface area contributed by atoms with Crippen molar-refractivity contribution in [2.75, 3.05) is 0 Å². The van der Waals surface area contributed by atoms with Crippen molar-refractivity contribution in [3.05, 3.63) is 157 Å². The molecule has 0 aliphatic heterocycles. The molecule has 4 aromatic carbocycles. The summed E-state index contributed by atoms with van der Waals surface area (Å²) in [7, 11) is 0. The van der Waals surface area contributed by atoms with Crippen LogP contribution in [0.1, 0.15) is 58.4 Å². The number of rotatable bonds is 7. The van der Waals surface area contributed by atoms with E-state index in [1.54, 1.807) is 12.3 Å². The second-order valence-corrected chi connectivity index (χ2v) is 15.1. The van der Waals surface area contributed by atoms with E-state index in [2.05, 4.69) is 165 Å². The fourth-order valence-corrected chi connectivity index (χ4v) is 6.85. The lowest BCUT2D eigenvalue weighted by Gasteiger charge is -2.19. The van der Waals surface area contributed by atoms with E-state index in [0.717, 1.165) is 45.0 Å². The summed E-state index contributed by atoms with van der Waals surface area (Å²) in [5.74, 6) is 0. The van der Waals surface area contributed by atoms with Gasteiger partial charge in [-0.2, -0.15) is 0 Å². The van der Waals surface area contributed by atoms with Crippen LogP contribution < -0.4 is 0 Å². The van der Waals surface area contributed by atoms with Gasteiger partial charge in [-0.05, 0) is 106 Å². The normalized spacial score (nSPS) is 12.5. The number of benzene rings is 4. The van der Waals surface area contributed by atoms with Crippen LogP contribution in [0.15, 0.2) is 140 Å². The van der Waals surface area contributed by atoms with Gasteiger partial charge in [0.05, 0.1) is 22.4 Å². The van der Waals surface area contributed by atoms with Crippen LogP contribution in [0.25, 0.3) is 61.1 Å². The number of nitrogens with zero attached hydrogens (tertiary/aromatic N) is 3. The molecule has 50 heavy (non-hydrogen) atoms. The molecule has 0 atom stereocenters. The van der Waals surface area contributed by atoms with Crippen molar-refractivity contribution in [3.8, 4) is 33.8 Å². The van der Waals surface area contributed by atoms with Gasteiger partial charge in [-0.15, -0.1) is 0 Å². The van der Waals surface area contributed by atoms with Crippen LogP contribution >= 0.6 is 0 Å². The average Bonchev–Trinajstić information content (AvgIpc) is 3.70. The highest BCUT2D eigenvalue weighted by atomic mass is 15.0. The number of pyridine rings is 1. The van der Waals surface area contributed by atoms with E-state index in [4.69, 9.17) is 5.41 Å². The molecule has 0 aliphatic rings. The topological polar surface area (TPSA) is 46.6 Å². The van der Waals surface area contributed by atoms with Gasteiger partial charge in [0, 0.05) is 51.9 Å². The third kappa shape index (κ3) is 5.92. The number of allylic oxidation sites excluding steroid dienone is 3. The number of aromatic nitrogens is 3. The van der Waals surface area contributed by atoms with E-state index >= 15 is 0 Å². The summed E-state index contributed by atoms with van der Waals surface area (Å²) in [5.41, 5.74) is 13.4. The van der Waals surface area contributed by atoms with Gasteiger partial charge in [-0.3, -0.25) is 4.98 Å². The zero-order valence-electron chi connectivity index (χ0n) is 29.8. The lowest BCUT2D eigenvalue weighted by Crippen LogP contribution is -2.10. The first-order valence-corrected chi connectivity index (χ1v) is 17.2. The van der Waals surface area contributed by atoms with Crippen molar-refractivity contribution in [1.82, 2.24) is 14.1 Å². The third-order valence-electron chi connectivity index (χ3n) is 9.67. The molecule has 0 spiro atoms. The van der Waals surface area contributed by atoms with Gasteiger partial charge >= 0.3 is 0 Å². The summed E-state index contributed by atoms with van der Waals surface area (Å²) < 4.78 is 4.59. The van der Waals surface area contributed by atoms with Crippen molar-refractivity contribution in [2.24, 2.45) is 0 Å². The fourth-order valence-electron chi connectivity index (χ4n) is 6.85. The van der Waals surface area contributed by atoms with Crippen LogP contribution in [0.3, 0.4) is 0 Å². The van der Waals surface area contributed by atoms with Crippen molar-refractivity contribution < 1.29 is 0 Å². The zero-order valence-corrected chi connectivity index (χ0v) is 29.8. The van der Waals surface area contributed by atoms with Crippen LogP contribution in [-0.2, 0) is 10.8 Å². The third-order valence-corrected chi connectivity index (χ3v) is 9.67. The second kappa shape index (κ2) is 12.6. The van der Waals surface area contributed by atoms with Crippen LogP contribution in [0, 0.1) is 5.41 Å². The van der Waals surface area contributed by atoms with E-state index in [-0.39, 0.29) is 10.8 Å². The summed E-state index contributed by atoms with van der Waals surface area (Å²) in [6.45, 7) is 17.6. The van der Waals surface area contributed by atoms with E-state index in [0.29, 0.717) is 0 Å². The monoisotopic (exact) mass is 652 g/mol. The summed E-state index contributed by atoms with van der Waals surface area (Å²) in [6, 6.07) is 39.6. The maximum atomic E-state index is 8.08. The lowest BCUT2D eigenvalue weighted by molar-refractivity contribution is 0.590. The molecule has 0 amide bonds. The van der Waals surface area contributed by atoms with Gasteiger partial charge in [0.25, 0.3) is 0 Å². The number of hydrogen-bond donors (Lipinski definition) is 1. The summed E-state index contributed by atoms with van der Waals surface area (Å²) in [6.07, 6.45) is 8.62. The molecule has 0 bridgehead atoms. The van der Waals surface area contributed by atoms with E-state index in [1.807, 2.05) is 18.3 Å². The lowest BCUT2D eigenvalue weighted by atomic mass is 9.85. The Morgan fingerprint density at radius 3 is 1.64 bits per heavy atom. The minimum absolute atomic E-state index is 0.0648. The molecule has 0 saturated carbocycles. The van der Waals surface area contributed by atoms with Crippen LogP contribution in [0.4, 0.5) is 0 Å². The SMILES string of the molecule is C=C/C=C(\C=N)c1ccc(-c2cccnc2)n1-c1ccc(-c2ccc(-n3c4ccc(C(C)(C)C)cc4c4cc(C(C)(C)C)ccc43)cc2)cc1. The van der Waals surface area contributed by atoms with Gasteiger partial charge < -0.3 is 14.5 Å². The molecule has 3 heterocycles. The molecule has 3 aromatic heterocycles. The Hall–Kier alpha value is -5.74. The number of fused-ring (bicyclic) bond motifs is 3. The molecular formula is C46H44N4. The molecule has 248 valence electrons. The summed E-state index contributed by atoms with van der Waals surface area (Å²) in [5, 5.41) is 10.7. The quantitative estimate of drug-likeness (QED) is 0.135. The molecule has 4 heteroatoms. The largest absolute Gasteiger partial charge is 0.309 e. The Kier molecular flexibility index (Phi) is 8.27. The fraction of sp³-hybridized carbons (Fsp3) is 0.174. The number of hydrogen-bond acceptors (Lipinski definition) is 2. The van der Waals surface area contributed by atoms with Crippen molar-refractivity contribution in [2.45, 2.75) is 52.4 Å². The Morgan fingerprint density at radius 1 is 0.640 bits per heavy atom. The summed E-state index contributed by atoms with van der Waals surface area (Å²) in [4.78, 5) is 4.36. The molecule has 4 nitrogen and oxygen atoms in total. The maximum Gasteiger partial charge on any atom is 0.0550 e. The first-order chi connectivity index (χ1) is 24.0. The highest BCUT2D eigenvalue weighted by molar-refractivity contribution is 6.10. The van der Waals surface area contributed by atoms with Gasteiger partial charge in [-0.25, -0.2) is 0 Å². The van der Waals surface area contributed by atoms with Gasteiger partial charge in [-0.1, -0.05) is 96.7 Å². The zero-order chi connectivity index (χ0) is 35.2. The number of nitrogens with one attached hydrogen (secondary N) is 1. The Labute approximate surface area is 295 Å². The Bertz CT molecular complexity index is 2320. The second-order valence-electron chi connectivity index (χ2n) is 15.1. The molecule has 0 radical (unpaired) electrons. The Balaban J connectivity index is 1.29. The van der Waals surface area contributed by atoms with Crippen molar-refractivity contribution >= 4 is 33.6 Å². The first kappa shape index (κ1) is 32.8. The predicted molar refractivity (Wildman–Crippen MR) is 213 cm³/mol. The smallest absolute Gasteiger partial charge is 0.0550 e. The van der Waals surface area contributed by atoms with Crippen LogP contribution in [0.2, 0.25) is 0 Å². The van der Waals surface area contributed by atoms with Gasteiger partial charge in [0.2, 0.25) is 0 Å². The molecule has 0 aliphatic carbocycles. The maximum absolute atomic E-state index is 8.08. The minimum Gasteiger partial charge on any atom is -0.309 e. The van der Waals surface area contributed by atoms with Crippen molar-refractivity contribution in [1.29, 1.82) is 5.41 Å². The van der Waals surface area contributed by atoms with Gasteiger partial charge in [0.15, 0.2) is 0 Å². The van der Waals surface area contributed by atoms with E-state index in [9.17, 15) is 0 Å². The molecule has 1 N–H and O–H groups in total. The van der Waals surface area contributed by atoms with Crippen LogP contribution in [0.5, 0.6) is 0 Å². The molecule has 0 saturated heterocycles. The average molecular weight is 653 g/mol. The van der Waals surface area contributed by atoms with Crippen LogP contribution in [-0.4, -0.2) is 20.3 Å². The molecular weight excluding hydrogens is 609 g/mol. The standard InChI is InChI=1S/C46H44N4/c1-8-10-33(29-47)41-24-25-42(34-11-9-26-48-30-34)49(41)37-18-12-31(13-19-37)32-14-20-38(21-15-32)50-43-22-16-35(45(2,3)4)27-39(43)40-28-36(46(5,6)7)17-23-44(40)50/h8-30,47H,1H2,2-7H3/b33-10+,47-29?. The van der Waals surface area contributed by atoms with E-state index < -0.39 is 0 Å². The minimum atomic E-state index is 0.0648. The molecule has 7 aromatic rings. The summed E-state index contributed by atoms with van der Waals surface area (Å²) >= 11 is 0. The first-order valence-electron chi connectivity index (χ1n) is 17.2. The predicted octanol–water partition coefficient (Wildman–Crippen LogP) is 12.1. The van der Waals surface area contributed by atoms with E-state index in [1.165, 1.54) is 39.1 Å². The highest BCUT2D eigenvalue weighted by Gasteiger charge is 2.21. The molecule has 0 unspecified atom stereocenters. The molecule has 0 fully saturated rings. The highest BCUT2D eigenvalue weighted by Crippen LogP contribution is 2.38. The van der Waals surface area contributed by atoms with Crippen molar-refractivity contribution in [3.63, 3.8) is 0 Å². The molecule has 7 rings (SSSR count). The van der Waals surface area contributed by atoms with Gasteiger partial charge in [0.1, 0.15) is 0 Å².